The van der Waals surface area contributed by atoms with E-state index in [9.17, 15) is 0 Å². The number of ether oxygens (including phenoxy) is 1. The fourth-order valence-electron chi connectivity index (χ4n) is 2.88. The topological polar surface area (TPSA) is 35.2 Å². The van der Waals surface area contributed by atoms with Crippen molar-refractivity contribution in [1.29, 1.82) is 0 Å². The van der Waals surface area contributed by atoms with Crippen molar-refractivity contribution in [2.45, 2.75) is 51.2 Å². The second-order valence-corrected chi connectivity index (χ2v) is 6.09. The fraction of sp³-hybridized carbons (Fsp3) is 0.625. The Hall–Kier alpha value is -0.570. The van der Waals surface area contributed by atoms with Crippen molar-refractivity contribution in [3.8, 4) is 0 Å². The summed E-state index contributed by atoms with van der Waals surface area (Å²) in [4.78, 5) is 0. The van der Waals surface area contributed by atoms with Gasteiger partial charge in [-0.25, -0.2) is 0 Å². The molecule has 19 heavy (non-hydrogen) atoms. The van der Waals surface area contributed by atoms with Crippen molar-refractivity contribution in [1.82, 2.24) is 0 Å². The summed E-state index contributed by atoms with van der Waals surface area (Å²) in [5, 5.41) is 0.762. The maximum Gasteiger partial charge on any atom is 0.0808 e. The molecule has 0 amide bonds. The van der Waals surface area contributed by atoms with Gasteiger partial charge in [0.05, 0.1) is 12.2 Å². The van der Waals surface area contributed by atoms with Crippen LogP contribution in [0, 0.1) is 5.92 Å². The molecule has 0 heterocycles. The minimum atomic E-state index is -0.117. The Bertz CT molecular complexity index is 399. The third-order valence-electron chi connectivity index (χ3n) is 4.40. The average Bonchev–Trinajstić information content (AvgIpc) is 2.46. The van der Waals surface area contributed by atoms with Gasteiger partial charge in [-0.05, 0) is 49.3 Å². The first-order chi connectivity index (χ1) is 9.17. The van der Waals surface area contributed by atoms with Crippen LogP contribution in [-0.4, -0.2) is 12.1 Å². The molecule has 1 aromatic rings. The summed E-state index contributed by atoms with van der Waals surface area (Å²) in [7, 11) is 0. The predicted molar refractivity (Wildman–Crippen MR) is 80.3 cm³/mol. The van der Waals surface area contributed by atoms with Gasteiger partial charge in [0.25, 0.3) is 0 Å². The van der Waals surface area contributed by atoms with Gasteiger partial charge in [0.2, 0.25) is 0 Å². The zero-order valence-electron chi connectivity index (χ0n) is 11.7. The zero-order chi connectivity index (χ0) is 13.7. The summed E-state index contributed by atoms with van der Waals surface area (Å²) in [6.07, 6.45) is 5.92. The second-order valence-electron chi connectivity index (χ2n) is 5.66. The first-order valence-electron chi connectivity index (χ1n) is 7.26. The van der Waals surface area contributed by atoms with Crippen LogP contribution in [0.2, 0.25) is 5.02 Å². The van der Waals surface area contributed by atoms with E-state index in [0.29, 0.717) is 13.2 Å². The quantitative estimate of drug-likeness (QED) is 0.880. The number of benzene rings is 1. The Morgan fingerprint density at radius 1 is 1.37 bits per heavy atom. The molecule has 0 radical (unpaired) electrons. The van der Waals surface area contributed by atoms with Crippen LogP contribution in [0.15, 0.2) is 24.3 Å². The first-order valence-corrected chi connectivity index (χ1v) is 7.64. The van der Waals surface area contributed by atoms with E-state index in [4.69, 9.17) is 22.1 Å². The Kier molecular flexibility index (Phi) is 5.26. The lowest BCUT2D eigenvalue weighted by molar-refractivity contribution is -0.0813. The molecular weight excluding hydrogens is 258 g/mol. The molecule has 1 aliphatic carbocycles. The van der Waals surface area contributed by atoms with Gasteiger partial charge < -0.3 is 10.5 Å². The molecule has 3 heteroatoms. The van der Waals surface area contributed by atoms with Gasteiger partial charge in [-0.3, -0.25) is 0 Å². The maximum atomic E-state index is 6.17. The van der Waals surface area contributed by atoms with Crippen LogP contribution < -0.4 is 5.73 Å². The van der Waals surface area contributed by atoms with Crippen LogP contribution in [0.25, 0.3) is 0 Å². The Labute approximate surface area is 121 Å². The molecule has 2 nitrogen and oxygen atoms in total. The number of hydrogen-bond donors (Lipinski definition) is 1. The third-order valence-corrected chi connectivity index (χ3v) is 4.63. The summed E-state index contributed by atoms with van der Waals surface area (Å²) in [5.41, 5.74) is 6.97. The van der Waals surface area contributed by atoms with E-state index in [2.05, 4.69) is 6.92 Å². The van der Waals surface area contributed by atoms with Crippen molar-refractivity contribution < 1.29 is 4.74 Å². The van der Waals surface area contributed by atoms with Crippen molar-refractivity contribution in [3.05, 3.63) is 34.9 Å². The van der Waals surface area contributed by atoms with E-state index >= 15 is 0 Å². The molecule has 1 saturated carbocycles. The lowest BCUT2D eigenvalue weighted by Crippen LogP contribution is -2.43. The monoisotopic (exact) mass is 281 g/mol. The highest BCUT2D eigenvalue weighted by Crippen LogP contribution is 2.36. The molecule has 106 valence electrons. The van der Waals surface area contributed by atoms with Crippen LogP contribution in [-0.2, 0) is 11.3 Å². The van der Waals surface area contributed by atoms with Gasteiger partial charge in [-0.1, -0.05) is 37.1 Å². The van der Waals surface area contributed by atoms with Crippen molar-refractivity contribution in [3.63, 3.8) is 0 Å². The molecule has 0 bridgehead atoms. The molecule has 0 unspecified atom stereocenters. The SMILES string of the molecule is CCC1CCC(CN)(OCc2cccc(Cl)c2)CC1. The van der Waals surface area contributed by atoms with Gasteiger partial charge in [-0.15, -0.1) is 0 Å². The maximum absolute atomic E-state index is 6.17. The molecule has 0 aliphatic heterocycles. The third kappa shape index (κ3) is 3.95. The van der Waals surface area contributed by atoms with E-state index in [1.54, 1.807) is 0 Å². The number of nitrogens with two attached hydrogens (primary N) is 1. The number of rotatable bonds is 5. The summed E-state index contributed by atoms with van der Waals surface area (Å²) < 4.78 is 6.17. The van der Waals surface area contributed by atoms with E-state index in [1.165, 1.54) is 19.3 Å². The van der Waals surface area contributed by atoms with Crippen molar-refractivity contribution in [2.75, 3.05) is 6.54 Å². The molecular formula is C16H24ClNO. The second kappa shape index (κ2) is 6.74. The Balaban J connectivity index is 1.92. The largest absolute Gasteiger partial charge is 0.369 e. The highest BCUT2D eigenvalue weighted by molar-refractivity contribution is 6.30. The minimum absolute atomic E-state index is 0.117. The highest BCUT2D eigenvalue weighted by atomic mass is 35.5. The van der Waals surface area contributed by atoms with Crippen LogP contribution in [0.5, 0.6) is 0 Å². The van der Waals surface area contributed by atoms with Crippen molar-refractivity contribution >= 4 is 11.6 Å². The van der Waals surface area contributed by atoms with E-state index < -0.39 is 0 Å². The first kappa shape index (κ1) is 14.8. The molecule has 2 N–H and O–H groups in total. The minimum Gasteiger partial charge on any atom is -0.369 e. The van der Waals surface area contributed by atoms with Gasteiger partial charge in [-0.2, -0.15) is 0 Å². The predicted octanol–water partition coefficient (Wildman–Crippen LogP) is 4.15. The van der Waals surface area contributed by atoms with Crippen LogP contribution >= 0.6 is 11.6 Å². The summed E-state index contributed by atoms with van der Waals surface area (Å²) in [6.45, 7) is 3.49. The molecule has 0 saturated heterocycles. The molecule has 0 spiro atoms. The van der Waals surface area contributed by atoms with E-state index in [0.717, 1.165) is 29.3 Å². The fourth-order valence-corrected chi connectivity index (χ4v) is 3.10. The number of hydrogen-bond acceptors (Lipinski definition) is 2. The van der Waals surface area contributed by atoms with Gasteiger partial charge in [0.15, 0.2) is 0 Å². The van der Waals surface area contributed by atoms with Gasteiger partial charge in [0.1, 0.15) is 0 Å². The van der Waals surface area contributed by atoms with Gasteiger partial charge in [0, 0.05) is 11.6 Å². The summed E-state index contributed by atoms with van der Waals surface area (Å²) >= 11 is 5.99. The molecule has 1 aliphatic rings. The summed E-state index contributed by atoms with van der Waals surface area (Å²) in [6, 6.07) is 7.86. The molecule has 2 rings (SSSR count). The van der Waals surface area contributed by atoms with Crippen molar-refractivity contribution in [2.24, 2.45) is 11.7 Å². The highest BCUT2D eigenvalue weighted by Gasteiger charge is 2.34. The van der Waals surface area contributed by atoms with Crippen LogP contribution in [0.4, 0.5) is 0 Å². The Morgan fingerprint density at radius 3 is 2.68 bits per heavy atom. The lowest BCUT2D eigenvalue weighted by atomic mass is 9.77. The smallest absolute Gasteiger partial charge is 0.0808 e. The molecule has 1 fully saturated rings. The Morgan fingerprint density at radius 2 is 2.11 bits per heavy atom. The molecule has 0 atom stereocenters. The zero-order valence-corrected chi connectivity index (χ0v) is 12.5. The number of halogens is 1. The van der Waals surface area contributed by atoms with E-state index in [1.807, 2.05) is 24.3 Å². The van der Waals surface area contributed by atoms with Crippen LogP contribution in [0.1, 0.15) is 44.6 Å². The molecule has 0 aromatic heterocycles. The average molecular weight is 282 g/mol. The van der Waals surface area contributed by atoms with Crippen LogP contribution in [0.3, 0.4) is 0 Å². The standard InChI is InChI=1S/C16H24ClNO/c1-2-13-6-8-16(12-18,9-7-13)19-11-14-4-3-5-15(17)10-14/h3-5,10,13H,2,6-9,11-12,18H2,1H3. The lowest BCUT2D eigenvalue weighted by Gasteiger charge is -2.39. The van der Waals surface area contributed by atoms with Gasteiger partial charge >= 0.3 is 0 Å². The molecule has 1 aromatic carbocycles. The summed E-state index contributed by atoms with van der Waals surface area (Å²) in [5.74, 6) is 0.856. The normalized spacial score (nSPS) is 27.4. The van der Waals surface area contributed by atoms with E-state index in [-0.39, 0.29) is 5.60 Å².